The standard InChI is InChI=1S/C15H23ClN2/c1-14(2)9-17-10-15(3,4)18(11-14)13-7-5-12(16)6-8-13/h5-8,17H,9-11H2,1-4H3. The van der Waals surface area contributed by atoms with Crippen LogP contribution in [0.15, 0.2) is 24.3 Å². The zero-order valence-corrected chi connectivity index (χ0v) is 12.5. The fourth-order valence-corrected chi connectivity index (χ4v) is 2.69. The second kappa shape index (κ2) is 4.75. The molecule has 1 aliphatic rings. The Morgan fingerprint density at radius 2 is 1.67 bits per heavy atom. The van der Waals surface area contributed by atoms with E-state index < -0.39 is 0 Å². The van der Waals surface area contributed by atoms with Crippen molar-refractivity contribution in [2.45, 2.75) is 33.2 Å². The van der Waals surface area contributed by atoms with Gasteiger partial charge in [0.25, 0.3) is 0 Å². The summed E-state index contributed by atoms with van der Waals surface area (Å²) >= 11 is 5.98. The number of benzene rings is 1. The molecule has 1 heterocycles. The highest BCUT2D eigenvalue weighted by Gasteiger charge is 2.35. The molecule has 2 rings (SSSR count). The average Bonchev–Trinajstić information content (AvgIpc) is 2.36. The minimum atomic E-state index is 0.113. The fourth-order valence-electron chi connectivity index (χ4n) is 2.56. The lowest BCUT2D eigenvalue weighted by atomic mass is 9.91. The highest BCUT2D eigenvalue weighted by atomic mass is 35.5. The molecule has 1 aromatic carbocycles. The normalized spacial score (nSPS) is 22.6. The van der Waals surface area contributed by atoms with Crippen molar-refractivity contribution in [1.82, 2.24) is 5.32 Å². The predicted octanol–water partition coefficient (Wildman–Crippen LogP) is 3.55. The Balaban J connectivity index is 2.34. The minimum Gasteiger partial charge on any atom is -0.365 e. The van der Waals surface area contributed by atoms with Crippen LogP contribution in [0.2, 0.25) is 5.02 Å². The van der Waals surface area contributed by atoms with Crippen LogP contribution in [-0.2, 0) is 0 Å². The summed E-state index contributed by atoms with van der Waals surface area (Å²) in [6.07, 6.45) is 0. The van der Waals surface area contributed by atoms with Crippen LogP contribution in [0, 0.1) is 5.41 Å². The number of hydrogen-bond donors (Lipinski definition) is 1. The van der Waals surface area contributed by atoms with Crippen molar-refractivity contribution in [3.05, 3.63) is 29.3 Å². The Bertz CT molecular complexity index is 409. The third kappa shape index (κ3) is 2.99. The number of anilines is 1. The summed E-state index contributed by atoms with van der Waals surface area (Å²) in [5.74, 6) is 0. The van der Waals surface area contributed by atoms with Crippen molar-refractivity contribution in [1.29, 1.82) is 0 Å². The van der Waals surface area contributed by atoms with Crippen LogP contribution >= 0.6 is 11.6 Å². The number of nitrogens with one attached hydrogen (secondary N) is 1. The van der Waals surface area contributed by atoms with Gasteiger partial charge in [0.15, 0.2) is 0 Å². The highest BCUT2D eigenvalue weighted by molar-refractivity contribution is 6.30. The molecule has 1 aliphatic heterocycles. The summed E-state index contributed by atoms with van der Waals surface area (Å²) in [4.78, 5) is 2.49. The highest BCUT2D eigenvalue weighted by Crippen LogP contribution is 2.31. The first-order valence-corrected chi connectivity index (χ1v) is 6.92. The van der Waals surface area contributed by atoms with E-state index >= 15 is 0 Å². The zero-order valence-electron chi connectivity index (χ0n) is 11.8. The van der Waals surface area contributed by atoms with Gasteiger partial charge in [0.05, 0.1) is 0 Å². The van der Waals surface area contributed by atoms with E-state index in [4.69, 9.17) is 11.6 Å². The van der Waals surface area contributed by atoms with E-state index in [1.807, 2.05) is 12.1 Å². The number of halogens is 1. The predicted molar refractivity (Wildman–Crippen MR) is 79.5 cm³/mol. The lowest BCUT2D eigenvalue weighted by molar-refractivity contribution is 0.365. The molecule has 1 aromatic rings. The number of nitrogens with zero attached hydrogens (tertiary/aromatic N) is 1. The summed E-state index contributed by atoms with van der Waals surface area (Å²) in [5, 5.41) is 4.37. The first-order chi connectivity index (χ1) is 8.30. The van der Waals surface area contributed by atoms with Gasteiger partial charge in [-0.3, -0.25) is 0 Å². The SMILES string of the molecule is CC1(C)CNCC(C)(C)N(c2ccc(Cl)cc2)C1. The van der Waals surface area contributed by atoms with Crippen LogP contribution in [0.4, 0.5) is 5.69 Å². The summed E-state index contributed by atoms with van der Waals surface area (Å²) in [6, 6.07) is 8.17. The third-order valence-electron chi connectivity index (χ3n) is 3.62. The van der Waals surface area contributed by atoms with Crippen LogP contribution in [0.5, 0.6) is 0 Å². The molecule has 2 nitrogen and oxygen atoms in total. The molecule has 1 N–H and O–H groups in total. The van der Waals surface area contributed by atoms with Crippen LogP contribution in [0.25, 0.3) is 0 Å². The molecule has 0 bridgehead atoms. The van der Waals surface area contributed by atoms with E-state index in [-0.39, 0.29) is 11.0 Å². The Morgan fingerprint density at radius 3 is 2.28 bits per heavy atom. The van der Waals surface area contributed by atoms with E-state index in [9.17, 15) is 0 Å². The Morgan fingerprint density at radius 1 is 1.06 bits per heavy atom. The second-order valence-electron chi connectivity index (χ2n) is 6.64. The summed E-state index contributed by atoms with van der Waals surface area (Å²) < 4.78 is 0. The van der Waals surface area contributed by atoms with E-state index in [0.717, 1.165) is 24.7 Å². The van der Waals surface area contributed by atoms with E-state index in [2.05, 4.69) is 50.0 Å². The topological polar surface area (TPSA) is 15.3 Å². The molecule has 0 spiro atoms. The summed E-state index contributed by atoms with van der Waals surface area (Å²) in [7, 11) is 0. The van der Waals surface area contributed by atoms with Crippen LogP contribution < -0.4 is 10.2 Å². The molecular formula is C15H23ClN2. The van der Waals surface area contributed by atoms with Gasteiger partial charge in [-0.15, -0.1) is 0 Å². The monoisotopic (exact) mass is 266 g/mol. The van der Waals surface area contributed by atoms with Crippen LogP contribution in [0.3, 0.4) is 0 Å². The van der Waals surface area contributed by atoms with Gasteiger partial charge in [0.1, 0.15) is 0 Å². The maximum Gasteiger partial charge on any atom is 0.0470 e. The van der Waals surface area contributed by atoms with Gasteiger partial charge >= 0.3 is 0 Å². The third-order valence-corrected chi connectivity index (χ3v) is 3.87. The van der Waals surface area contributed by atoms with Gasteiger partial charge in [-0.1, -0.05) is 25.4 Å². The molecule has 0 aromatic heterocycles. The number of hydrogen-bond acceptors (Lipinski definition) is 2. The lowest BCUT2D eigenvalue weighted by Crippen LogP contribution is -2.49. The summed E-state index contributed by atoms with van der Waals surface area (Å²) in [5.41, 5.74) is 1.64. The molecular weight excluding hydrogens is 244 g/mol. The van der Waals surface area contributed by atoms with Crippen LogP contribution in [-0.4, -0.2) is 25.2 Å². The molecule has 1 fully saturated rings. The molecule has 3 heteroatoms. The summed E-state index contributed by atoms with van der Waals surface area (Å²) in [6.45, 7) is 12.3. The van der Waals surface area contributed by atoms with Crippen molar-refractivity contribution >= 4 is 17.3 Å². The molecule has 0 radical (unpaired) electrons. The lowest BCUT2D eigenvalue weighted by Gasteiger charge is -2.41. The van der Waals surface area contributed by atoms with Crippen molar-refractivity contribution in [3.8, 4) is 0 Å². The molecule has 0 aliphatic carbocycles. The van der Waals surface area contributed by atoms with Gasteiger partial charge in [-0.2, -0.15) is 0 Å². The maximum absolute atomic E-state index is 5.98. The van der Waals surface area contributed by atoms with E-state index in [1.165, 1.54) is 5.69 Å². The Kier molecular flexibility index (Phi) is 3.61. The Hall–Kier alpha value is -0.730. The van der Waals surface area contributed by atoms with Crippen molar-refractivity contribution < 1.29 is 0 Å². The molecule has 0 saturated carbocycles. The van der Waals surface area contributed by atoms with Gasteiger partial charge in [-0.05, 0) is 43.5 Å². The smallest absolute Gasteiger partial charge is 0.0470 e. The maximum atomic E-state index is 5.98. The van der Waals surface area contributed by atoms with Crippen molar-refractivity contribution in [2.24, 2.45) is 5.41 Å². The molecule has 0 atom stereocenters. The largest absolute Gasteiger partial charge is 0.365 e. The van der Waals surface area contributed by atoms with Crippen molar-refractivity contribution in [3.63, 3.8) is 0 Å². The second-order valence-corrected chi connectivity index (χ2v) is 7.08. The molecule has 0 amide bonds. The van der Waals surface area contributed by atoms with Crippen molar-refractivity contribution in [2.75, 3.05) is 24.5 Å². The van der Waals surface area contributed by atoms with E-state index in [0.29, 0.717) is 0 Å². The first kappa shape index (κ1) is 13.7. The quantitative estimate of drug-likeness (QED) is 0.836. The zero-order chi connectivity index (χ0) is 13.4. The average molecular weight is 267 g/mol. The van der Waals surface area contributed by atoms with E-state index in [1.54, 1.807) is 0 Å². The molecule has 18 heavy (non-hydrogen) atoms. The van der Waals surface area contributed by atoms with Gasteiger partial charge in [-0.25, -0.2) is 0 Å². The van der Waals surface area contributed by atoms with Gasteiger partial charge in [0.2, 0.25) is 0 Å². The Labute approximate surface area is 115 Å². The van der Waals surface area contributed by atoms with Gasteiger partial charge < -0.3 is 10.2 Å². The molecule has 0 unspecified atom stereocenters. The van der Waals surface area contributed by atoms with Gasteiger partial charge in [0, 0.05) is 35.9 Å². The molecule has 1 saturated heterocycles. The minimum absolute atomic E-state index is 0.113. The fraction of sp³-hybridized carbons (Fsp3) is 0.600. The van der Waals surface area contributed by atoms with Crippen LogP contribution in [0.1, 0.15) is 27.7 Å². The first-order valence-electron chi connectivity index (χ1n) is 6.54. The number of rotatable bonds is 1. The molecule has 100 valence electrons.